The van der Waals surface area contributed by atoms with Crippen LogP contribution in [0, 0.1) is 23.7 Å². The molecule has 1 heterocycles. The molecule has 5 aliphatic rings. The molecule has 4 nitrogen and oxygen atoms in total. The Morgan fingerprint density at radius 2 is 1.76 bits per heavy atom. The number of ketones is 1. The summed E-state index contributed by atoms with van der Waals surface area (Å²) in [6.07, 6.45) is 7.07. The summed E-state index contributed by atoms with van der Waals surface area (Å²) in [5, 5.41) is 0. The van der Waals surface area contributed by atoms with Gasteiger partial charge >= 0.3 is 6.21 Å². The standard InChI is InChI=1S/C13H16N2O2/c14-15-6-11(16)12-13(17-12)9-2-7-1-8(4-9)5-10(13)3-7/h6-10,12H,1-5H2. The first-order valence-electron chi connectivity index (χ1n) is 6.63. The van der Waals surface area contributed by atoms with Gasteiger partial charge in [-0.2, -0.15) is 4.79 Å². The van der Waals surface area contributed by atoms with Crippen molar-refractivity contribution in [1.29, 1.82) is 0 Å². The molecule has 5 fully saturated rings. The summed E-state index contributed by atoms with van der Waals surface area (Å²) >= 11 is 0. The van der Waals surface area contributed by atoms with Crippen molar-refractivity contribution in [2.75, 3.05) is 0 Å². The molecule has 4 aliphatic carbocycles. The number of hydrogen-bond donors (Lipinski definition) is 0. The van der Waals surface area contributed by atoms with E-state index >= 15 is 0 Å². The van der Waals surface area contributed by atoms with E-state index in [1.165, 1.54) is 32.1 Å². The highest BCUT2D eigenvalue weighted by molar-refractivity contribution is 6.28. The average molecular weight is 232 g/mol. The van der Waals surface area contributed by atoms with Gasteiger partial charge in [-0.15, -0.1) is 0 Å². The second kappa shape index (κ2) is 3.06. The first-order valence-corrected chi connectivity index (χ1v) is 6.63. The van der Waals surface area contributed by atoms with E-state index < -0.39 is 0 Å². The summed E-state index contributed by atoms with van der Waals surface area (Å²) in [5.74, 6) is 2.78. The third-order valence-corrected chi connectivity index (χ3v) is 5.53. The van der Waals surface area contributed by atoms with Crippen LogP contribution in [-0.4, -0.2) is 28.5 Å². The number of rotatable bonds is 2. The maximum absolute atomic E-state index is 11.8. The fourth-order valence-corrected chi connectivity index (χ4v) is 5.12. The van der Waals surface area contributed by atoms with Crippen LogP contribution >= 0.6 is 0 Å². The number of nitrogens with zero attached hydrogens (tertiary/aromatic N) is 2. The van der Waals surface area contributed by atoms with Gasteiger partial charge in [0.1, 0.15) is 5.60 Å². The summed E-state index contributed by atoms with van der Waals surface area (Å²) in [4.78, 5) is 14.6. The molecule has 1 unspecified atom stereocenters. The topological polar surface area (TPSA) is 66.0 Å². The molecule has 4 bridgehead atoms. The Hall–Kier alpha value is -0.990. The van der Waals surface area contributed by atoms with Crippen LogP contribution in [0.4, 0.5) is 0 Å². The second-order valence-corrected chi connectivity index (χ2v) is 6.30. The van der Waals surface area contributed by atoms with Crippen LogP contribution in [0.2, 0.25) is 0 Å². The van der Waals surface area contributed by atoms with Crippen LogP contribution < -0.4 is 0 Å². The average Bonchev–Trinajstić information content (AvgIpc) is 3.02. The van der Waals surface area contributed by atoms with Gasteiger partial charge in [-0.1, -0.05) is 0 Å². The van der Waals surface area contributed by atoms with Crippen LogP contribution in [0.15, 0.2) is 0 Å². The lowest BCUT2D eigenvalue weighted by Crippen LogP contribution is -2.52. The lowest BCUT2D eigenvalue weighted by Gasteiger charge is -2.53. The molecule has 5 rings (SSSR count). The zero-order valence-corrected chi connectivity index (χ0v) is 9.71. The van der Waals surface area contributed by atoms with E-state index in [0.717, 1.165) is 18.1 Å². The smallest absolute Gasteiger partial charge is 0.326 e. The van der Waals surface area contributed by atoms with E-state index in [9.17, 15) is 4.79 Å². The third-order valence-electron chi connectivity index (χ3n) is 5.53. The molecular weight excluding hydrogens is 216 g/mol. The van der Waals surface area contributed by atoms with Crippen LogP contribution in [0.3, 0.4) is 0 Å². The van der Waals surface area contributed by atoms with Crippen LogP contribution in [0.25, 0.3) is 5.53 Å². The SMILES string of the molecule is [N-]=[N+]=CC(=O)C1OC12C1CC3CC(C1)CC2C3. The number of epoxide rings is 1. The molecule has 0 amide bonds. The van der Waals surface area contributed by atoms with Crippen molar-refractivity contribution in [2.45, 2.75) is 43.8 Å². The Labute approximate surface area is 100.0 Å². The second-order valence-electron chi connectivity index (χ2n) is 6.30. The lowest BCUT2D eigenvalue weighted by molar-refractivity contribution is -0.117. The minimum absolute atomic E-state index is 0.153. The van der Waals surface area contributed by atoms with Gasteiger partial charge < -0.3 is 10.3 Å². The van der Waals surface area contributed by atoms with E-state index in [1.807, 2.05) is 0 Å². The molecule has 17 heavy (non-hydrogen) atoms. The van der Waals surface area contributed by atoms with Crippen LogP contribution in [0.1, 0.15) is 32.1 Å². The molecule has 1 spiro atoms. The molecule has 4 saturated carbocycles. The Morgan fingerprint density at radius 3 is 2.29 bits per heavy atom. The predicted octanol–water partition coefficient (Wildman–Crippen LogP) is 1.45. The molecule has 90 valence electrons. The Kier molecular flexibility index (Phi) is 1.80. The summed E-state index contributed by atoms with van der Waals surface area (Å²) in [7, 11) is 0. The van der Waals surface area contributed by atoms with Gasteiger partial charge in [0.05, 0.1) is 0 Å². The van der Waals surface area contributed by atoms with Gasteiger partial charge in [0.2, 0.25) is 0 Å². The summed E-state index contributed by atoms with van der Waals surface area (Å²) < 4.78 is 5.84. The molecule has 0 aromatic rings. The van der Waals surface area contributed by atoms with Crippen molar-refractivity contribution in [3.8, 4) is 0 Å². The van der Waals surface area contributed by atoms with E-state index in [1.54, 1.807) is 0 Å². The van der Waals surface area contributed by atoms with Crippen LogP contribution in [0.5, 0.6) is 0 Å². The minimum Gasteiger partial charge on any atom is -0.361 e. The van der Waals surface area contributed by atoms with Gasteiger partial charge in [-0.05, 0) is 55.8 Å². The lowest BCUT2D eigenvalue weighted by atomic mass is 9.50. The largest absolute Gasteiger partial charge is 0.361 e. The predicted molar refractivity (Wildman–Crippen MR) is 59.3 cm³/mol. The van der Waals surface area contributed by atoms with Crippen molar-refractivity contribution in [3.05, 3.63) is 5.53 Å². The maximum atomic E-state index is 11.8. The van der Waals surface area contributed by atoms with Crippen molar-refractivity contribution in [2.24, 2.45) is 23.7 Å². The normalized spacial score (nSPS) is 53.5. The highest BCUT2D eigenvalue weighted by Crippen LogP contribution is 2.66. The fourth-order valence-electron chi connectivity index (χ4n) is 5.12. The number of ether oxygens (including phenoxy) is 1. The minimum atomic E-state index is -0.312. The number of carbonyl (C=O) groups excluding carboxylic acids is 1. The molecule has 1 aliphatic heterocycles. The van der Waals surface area contributed by atoms with Gasteiger partial charge in [0.25, 0.3) is 5.78 Å². The van der Waals surface area contributed by atoms with E-state index in [4.69, 9.17) is 10.3 Å². The molecule has 1 saturated heterocycles. The van der Waals surface area contributed by atoms with E-state index in [2.05, 4.69) is 4.79 Å². The first kappa shape index (κ1) is 9.98. The Balaban J connectivity index is 1.64. The van der Waals surface area contributed by atoms with Gasteiger partial charge in [-0.3, -0.25) is 4.79 Å². The fraction of sp³-hybridized carbons (Fsp3) is 0.846. The number of carbonyl (C=O) groups is 1. The molecule has 0 radical (unpaired) electrons. The molecular formula is C13H16N2O2. The maximum Gasteiger partial charge on any atom is 0.326 e. The third kappa shape index (κ3) is 1.15. The Bertz CT molecular complexity index is 411. The highest BCUT2D eigenvalue weighted by Gasteiger charge is 2.73. The molecule has 0 N–H and O–H groups in total. The Morgan fingerprint density at radius 1 is 1.18 bits per heavy atom. The zero-order valence-electron chi connectivity index (χ0n) is 9.71. The summed E-state index contributed by atoms with van der Waals surface area (Å²) in [5.41, 5.74) is 8.28. The van der Waals surface area contributed by atoms with Crippen molar-refractivity contribution in [3.63, 3.8) is 0 Å². The first-order chi connectivity index (χ1) is 8.24. The van der Waals surface area contributed by atoms with Crippen molar-refractivity contribution < 1.29 is 14.3 Å². The zero-order chi connectivity index (χ0) is 11.6. The number of hydrogen-bond acceptors (Lipinski definition) is 2. The van der Waals surface area contributed by atoms with E-state index in [0.29, 0.717) is 11.8 Å². The molecule has 0 aromatic heterocycles. The van der Waals surface area contributed by atoms with Crippen molar-refractivity contribution >= 4 is 12.0 Å². The van der Waals surface area contributed by atoms with Crippen LogP contribution in [-0.2, 0) is 9.53 Å². The quantitative estimate of drug-likeness (QED) is 0.313. The molecule has 1 atom stereocenters. The highest BCUT2D eigenvalue weighted by atomic mass is 16.6. The summed E-state index contributed by atoms with van der Waals surface area (Å²) in [6.45, 7) is 0. The van der Waals surface area contributed by atoms with E-state index in [-0.39, 0.29) is 17.5 Å². The molecule has 0 aromatic carbocycles. The number of Topliss-reactive ketones (excluding diaryl/α,β-unsaturated/α-hetero) is 1. The monoisotopic (exact) mass is 232 g/mol. The summed E-state index contributed by atoms with van der Waals surface area (Å²) in [6, 6.07) is 0. The molecule has 4 heteroatoms. The van der Waals surface area contributed by atoms with Gasteiger partial charge in [0.15, 0.2) is 6.10 Å². The van der Waals surface area contributed by atoms with Gasteiger partial charge in [0, 0.05) is 0 Å². The van der Waals surface area contributed by atoms with Crippen molar-refractivity contribution in [1.82, 2.24) is 0 Å². The van der Waals surface area contributed by atoms with Gasteiger partial charge in [-0.25, -0.2) is 0 Å².